The van der Waals surface area contributed by atoms with E-state index in [2.05, 4.69) is 41.2 Å². The molecular weight excluding hydrogens is 242 g/mol. The van der Waals surface area contributed by atoms with Crippen molar-refractivity contribution in [2.75, 3.05) is 6.54 Å². The van der Waals surface area contributed by atoms with E-state index in [0.717, 1.165) is 16.6 Å². The molecular formula is C11H14BrNO. The van der Waals surface area contributed by atoms with Crippen molar-refractivity contribution in [1.29, 1.82) is 0 Å². The molecule has 14 heavy (non-hydrogen) atoms. The first-order valence-electron chi connectivity index (χ1n) is 4.74. The van der Waals surface area contributed by atoms with E-state index in [4.69, 9.17) is 4.74 Å². The van der Waals surface area contributed by atoms with Gasteiger partial charge in [0.05, 0.1) is 5.60 Å². The van der Waals surface area contributed by atoms with Gasteiger partial charge in [-0.3, -0.25) is 5.32 Å². The predicted molar refractivity (Wildman–Crippen MR) is 60.0 cm³/mol. The number of hydrogen-bond acceptors (Lipinski definition) is 2. The van der Waals surface area contributed by atoms with E-state index in [1.165, 1.54) is 0 Å². The summed E-state index contributed by atoms with van der Waals surface area (Å²) in [6, 6.07) is 8.14. The molecule has 1 aliphatic heterocycles. The molecule has 2 rings (SSSR count). The van der Waals surface area contributed by atoms with E-state index in [-0.39, 0.29) is 11.8 Å². The summed E-state index contributed by atoms with van der Waals surface area (Å²) < 4.78 is 6.97. The molecule has 0 spiro atoms. The number of benzene rings is 1. The molecule has 0 aromatic heterocycles. The Kier molecular flexibility index (Phi) is 2.64. The molecule has 2 nitrogen and oxygen atoms in total. The van der Waals surface area contributed by atoms with Crippen molar-refractivity contribution in [3.8, 4) is 0 Å². The zero-order valence-corrected chi connectivity index (χ0v) is 9.97. The van der Waals surface area contributed by atoms with E-state index in [1.807, 2.05) is 18.2 Å². The minimum atomic E-state index is -0.0695. The van der Waals surface area contributed by atoms with E-state index < -0.39 is 0 Å². The lowest BCUT2D eigenvalue weighted by Gasteiger charge is -2.18. The molecule has 1 heterocycles. The smallest absolute Gasteiger partial charge is 0.136 e. The summed E-state index contributed by atoms with van der Waals surface area (Å²) in [5.41, 5.74) is 1.10. The van der Waals surface area contributed by atoms with Gasteiger partial charge in [-0.2, -0.15) is 0 Å². The van der Waals surface area contributed by atoms with Gasteiger partial charge in [-0.1, -0.05) is 34.1 Å². The summed E-state index contributed by atoms with van der Waals surface area (Å²) >= 11 is 3.52. The van der Waals surface area contributed by atoms with Crippen LogP contribution < -0.4 is 5.32 Å². The molecule has 0 aliphatic carbocycles. The lowest BCUT2D eigenvalue weighted by Crippen LogP contribution is -2.23. The first-order chi connectivity index (χ1) is 6.58. The molecule has 3 heteroatoms. The van der Waals surface area contributed by atoms with Crippen LogP contribution in [0.25, 0.3) is 0 Å². The number of ether oxygens (including phenoxy) is 1. The van der Waals surface area contributed by atoms with Gasteiger partial charge in [0.1, 0.15) is 6.23 Å². The van der Waals surface area contributed by atoms with E-state index in [9.17, 15) is 0 Å². The molecule has 1 unspecified atom stereocenters. The van der Waals surface area contributed by atoms with Crippen LogP contribution in [0.2, 0.25) is 0 Å². The fraction of sp³-hybridized carbons (Fsp3) is 0.455. The Hall–Kier alpha value is -0.380. The predicted octanol–water partition coefficient (Wildman–Crippen LogP) is 2.85. The van der Waals surface area contributed by atoms with Crippen molar-refractivity contribution in [3.63, 3.8) is 0 Å². The summed E-state index contributed by atoms with van der Waals surface area (Å²) in [7, 11) is 0. The summed E-state index contributed by atoms with van der Waals surface area (Å²) in [5, 5.41) is 3.35. The summed E-state index contributed by atoms with van der Waals surface area (Å²) in [5.74, 6) is 0. The van der Waals surface area contributed by atoms with Crippen molar-refractivity contribution in [2.24, 2.45) is 0 Å². The van der Waals surface area contributed by atoms with Crippen molar-refractivity contribution in [3.05, 3.63) is 34.3 Å². The highest BCUT2D eigenvalue weighted by molar-refractivity contribution is 9.10. The Bertz CT molecular complexity index is 338. The number of nitrogens with one attached hydrogen (secondary N) is 1. The fourth-order valence-electron chi connectivity index (χ4n) is 1.60. The minimum Gasteiger partial charge on any atom is -0.352 e. The maximum absolute atomic E-state index is 5.87. The largest absolute Gasteiger partial charge is 0.352 e. The van der Waals surface area contributed by atoms with Crippen LogP contribution in [0.3, 0.4) is 0 Å². The summed E-state index contributed by atoms with van der Waals surface area (Å²) in [4.78, 5) is 0. The zero-order valence-electron chi connectivity index (χ0n) is 8.38. The maximum Gasteiger partial charge on any atom is 0.136 e. The second-order valence-electron chi connectivity index (χ2n) is 4.16. The van der Waals surface area contributed by atoms with E-state index in [0.29, 0.717) is 0 Å². The maximum atomic E-state index is 5.87. The standard InChI is InChI=1S/C11H14BrNO/c1-11(2)7-13-10(14-11)8-5-3-4-6-9(8)12/h3-6,10,13H,7H2,1-2H3. The van der Waals surface area contributed by atoms with Gasteiger partial charge in [-0.15, -0.1) is 0 Å². The van der Waals surface area contributed by atoms with Gasteiger partial charge in [-0.05, 0) is 19.9 Å². The normalized spacial score (nSPS) is 25.2. The van der Waals surface area contributed by atoms with Crippen LogP contribution in [0.1, 0.15) is 25.6 Å². The van der Waals surface area contributed by atoms with Gasteiger partial charge in [0.25, 0.3) is 0 Å². The first kappa shape index (κ1) is 10.1. The second kappa shape index (κ2) is 3.65. The van der Waals surface area contributed by atoms with Crippen LogP contribution >= 0.6 is 15.9 Å². The van der Waals surface area contributed by atoms with Crippen molar-refractivity contribution >= 4 is 15.9 Å². The van der Waals surface area contributed by atoms with Crippen molar-refractivity contribution < 1.29 is 4.74 Å². The molecule has 1 saturated heterocycles. The zero-order chi connectivity index (χ0) is 10.2. The molecule has 0 radical (unpaired) electrons. The quantitative estimate of drug-likeness (QED) is 0.834. The summed E-state index contributed by atoms with van der Waals surface area (Å²) in [6.45, 7) is 5.08. The number of hydrogen-bond donors (Lipinski definition) is 1. The fourth-order valence-corrected chi connectivity index (χ4v) is 2.09. The average Bonchev–Trinajstić information content (AvgIpc) is 2.47. The average molecular weight is 256 g/mol. The Labute approximate surface area is 92.8 Å². The van der Waals surface area contributed by atoms with Gasteiger partial charge in [0.15, 0.2) is 0 Å². The van der Waals surface area contributed by atoms with E-state index >= 15 is 0 Å². The molecule has 1 aromatic carbocycles. The number of halogens is 1. The molecule has 76 valence electrons. The van der Waals surface area contributed by atoms with Crippen LogP contribution in [-0.4, -0.2) is 12.1 Å². The third-order valence-electron chi connectivity index (χ3n) is 2.34. The van der Waals surface area contributed by atoms with Crippen LogP contribution in [0.5, 0.6) is 0 Å². The van der Waals surface area contributed by atoms with Gasteiger partial charge >= 0.3 is 0 Å². The third-order valence-corrected chi connectivity index (χ3v) is 3.06. The van der Waals surface area contributed by atoms with Crippen LogP contribution in [0.15, 0.2) is 28.7 Å². The van der Waals surface area contributed by atoms with Gasteiger partial charge in [-0.25, -0.2) is 0 Å². The molecule has 1 atom stereocenters. The topological polar surface area (TPSA) is 21.3 Å². The third kappa shape index (κ3) is 2.00. The highest BCUT2D eigenvalue weighted by Crippen LogP contribution is 2.31. The van der Waals surface area contributed by atoms with Crippen LogP contribution in [0, 0.1) is 0 Å². The van der Waals surface area contributed by atoms with E-state index in [1.54, 1.807) is 0 Å². The molecule has 1 fully saturated rings. The van der Waals surface area contributed by atoms with Crippen LogP contribution in [0.4, 0.5) is 0 Å². The Morgan fingerprint density at radius 1 is 1.43 bits per heavy atom. The molecule has 1 N–H and O–H groups in total. The monoisotopic (exact) mass is 255 g/mol. The van der Waals surface area contributed by atoms with Gasteiger partial charge in [0, 0.05) is 16.6 Å². The Balaban J connectivity index is 2.22. The molecule has 0 amide bonds. The number of rotatable bonds is 1. The lowest BCUT2D eigenvalue weighted by atomic mass is 10.1. The lowest BCUT2D eigenvalue weighted by molar-refractivity contribution is -0.0159. The van der Waals surface area contributed by atoms with Crippen molar-refractivity contribution in [2.45, 2.75) is 25.7 Å². The Morgan fingerprint density at radius 3 is 2.71 bits per heavy atom. The SMILES string of the molecule is CC1(C)CNC(c2ccccc2Br)O1. The highest BCUT2D eigenvalue weighted by atomic mass is 79.9. The minimum absolute atomic E-state index is 0.0144. The van der Waals surface area contributed by atoms with Crippen LogP contribution in [-0.2, 0) is 4.74 Å². The molecule has 1 aromatic rings. The summed E-state index contributed by atoms with van der Waals surface area (Å²) in [6.07, 6.45) is 0.0144. The van der Waals surface area contributed by atoms with Gasteiger partial charge < -0.3 is 4.74 Å². The molecule has 0 saturated carbocycles. The highest BCUT2D eigenvalue weighted by Gasteiger charge is 2.32. The van der Waals surface area contributed by atoms with Crippen molar-refractivity contribution in [1.82, 2.24) is 5.32 Å². The Morgan fingerprint density at radius 2 is 2.14 bits per heavy atom. The molecule has 0 bridgehead atoms. The molecule has 1 aliphatic rings. The second-order valence-corrected chi connectivity index (χ2v) is 5.01. The first-order valence-corrected chi connectivity index (χ1v) is 5.53. The van der Waals surface area contributed by atoms with Gasteiger partial charge in [0.2, 0.25) is 0 Å².